The summed E-state index contributed by atoms with van der Waals surface area (Å²) in [5.41, 5.74) is 1.25. The Morgan fingerprint density at radius 3 is 2.74 bits per heavy atom. The van der Waals surface area contributed by atoms with E-state index in [0.717, 1.165) is 19.5 Å². The van der Waals surface area contributed by atoms with Crippen LogP contribution < -0.4 is 0 Å². The van der Waals surface area contributed by atoms with Crippen LogP contribution in [0.2, 0.25) is 0 Å². The Balaban J connectivity index is 1.73. The third-order valence-corrected chi connectivity index (χ3v) is 3.84. The summed E-state index contributed by atoms with van der Waals surface area (Å²) < 4.78 is 0. The summed E-state index contributed by atoms with van der Waals surface area (Å²) >= 11 is 0. The summed E-state index contributed by atoms with van der Waals surface area (Å²) in [6, 6.07) is 14.8. The number of fused-ring (bicyclic) bond motifs is 1. The summed E-state index contributed by atoms with van der Waals surface area (Å²) in [6.07, 6.45) is 0.767. The minimum absolute atomic E-state index is 0.194. The number of nitrogens with zero attached hydrogens (tertiary/aromatic N) is 1. The molecule has 3 heteroatoms. The standard InChI is InChI=1S/C16H17NO2/c18-16(19)15-7-8-17(11-15)10-12-5-6-13-3-1-2-4-14(13)9-12/h1-6,9,15H,7-8,10-11H2,(H,18,19)/t15-/m0/s1. The molecule has 0 amide bonds. The van der Waals surface area contributed by atoms with Crippen LogP contribution >= 0.6 is 0 Å². The van der Waals surface area contributed by atoms with E-state index in [1.54, 1.807) is 0 Å². The molecule has 2 aromatic carbocycles. The van der Waals surface area contributed by atoms with Gasteiger partial charge in [0.25, 0.3) is 0 Å². The van der Waals surface area contributed by atoms with Crippen LogP contribution in [-0.4, -0.2) is 29.1 Å². The van der Waals surface area contributed by atoms with Gasteiger partial charge in [-0.05, 0) is 35.4 Å². The van der Waals surface area contributed by atoms with Crippen molar-refractivity contribution in [3.63, 3.8) is 0 Å². The lowest BCUT2D eigenvalue weighted by atomic mass is 10.1. The van der Waals surface area contributed by atoms with Crippen molar-refractivity contribution in [2.45, 2.75) is 13.0 Å². The van der Waals surface area contributed by atoms with Gasteiger partial charge in [-0.3, -0.25) is 9.69 Å². The van der Waals surface area contributed by atoms with Crippen LogP contribution in [0.5, 0.6) is 0 Å². The Bertz CT molecular complexity index is 608. The van der Waals surface area contributed by atoms with Gasteiger partial charge in [0, 0.05) is 13.1 Å². The van der Waals surface area contributed by atoms with Crippen molar-refractivity contribution in [1.29, 1.82) is 0 Å². The molecule has 1 heterocycles. The van der Waals surface area contributed by atoms with Gasteiger partial charge in [-0.2, -0.15) is 0 Å². The minimum atomic E-state index is -0.666. The summed E-state index contributed by atoms with van der Waals surface area (Å²) in [5.74, 6) is -0.860. The number of benzene rings is 2. The van der Waals surface area contributed by atoms with Crippen LogP contribution in [0, 0.1) is 5.92 Å². The summed E-state index contributed by atoms with van der Waals surface area (Å²) in [5, 5.41) is 11.5. The van der Waals surface area contributed by atoms with E-state index in [1.807, 2.05) is 12.1 Å². The fraction of sp³-hybridized carbons (Fsp3) is 0.312. The average molecular weight is 255 g/mol. The summed E-state index contributed by atoms with van der Waals surface area (Å²) in [7, 11) is 0. The highest BCUT2D eigenvalue weighted by molar-refractivity contribution is 5.82. The Kier molecular flexibility index (Phi) is 3.22. The first-order chi connectivity index (χ1) is 9.22. The van der Waals surface area contributed by atoms with E-state index in [1.165, 1.54) is 16.3 Å². The summed E-state index contributed by atoms with van der Waals surface area (Å²) in [6.45, 7) is 2.39. The van der Waals surface area contributed by atoms with Gasteiger partial charge in [0.15, 0.2) is 0 Å². The monoisotopic (exact) mass is 255 g/mol. The smallest absolute Gasteiger partial charge is 0.307 e. The molecule has 0 spiro atoms. The Hall–Kier alpha value is -1.87. The second-order valence-electron chi connectivity index (χ2n) is 5.24. The van der Waals surface area contributed by atoms with E-state index in [0.29, 0.717) is 6.54 Å². The van der Waals surface area contributed by atoms with Crippen molar-refractivity contribution >= 4 is 16.7 Å². The van der Waals surface area contributed by atoms with Gasteiger partial charge in [-0.15, -0.1) is 0 Å². The molecule has 0 aromatic heterocycles. The van der Waals surface area contributed by atoms with Gasteiger partial charge < -0.3 is 5.11 Å². The average Bonchev–Trinajstić information content (AvgIpc) is 2.87. The van der Waals surface area contributed by atoms with E-state index >= 15 is 0 Å². The topological polar surface area (TPSA) is 40.5 Å². The molecule has 1 aliphatic rings. The molecular weight excluding hydrogens is 238 g/mol. The van der Waals surface area contributed by atoms with Crippen LogP contribution in [0.3, 0.4) is 0 Å². The number of carboxylic acids is 1. The molecule has 1 saturated heterocycles. The van der Waals surface area contributed by atoms with Crippen LogP contribution in [0.25, 0.3) is 10.8 Å². The number of carboxylic acid groups (broad SMARTS) is 1. The largest absolute Gasteiger partial charge is 0.481 e. The molecule has 0 unspecified atom stereocenters. The maximum absolute atomic E-state index is 10.9. The third kappa shape index (κ3) is 2.61. The first-order valence-corrected chi connectivity index (χ1v) is 6.65. The molecule has 0 saturated carbocycles. The van der Waals surface area contributed by atoms with Crippen molar-refractivity contribution < 1.29 is 9.90 Å². The second-order valence-corrected chi connectivity index (χ2v) is 5.24. The molecule has 3 rings (SSSR count). The molecule has 1 fully saturated rings. The zero-order chi connectivity index (χ0) is 13.2. The fourth-order valence-electron chi connectivity index (χ4n) is 2.77. The van der Waals surface area contributed by atoms with Gasteiger partial charge in [0.2, 0.25) is 0 Å². The number of hydrogen-bond donors (Lipinski definition) is 1. The van der Waals surface area contributed by atoms with Gasteiger partial charge >= 0.3 is 5.97 Å². The van der Waals surface area contributed by atoms with Crippen molar-refractivity contribution in [3.8, 4) is 0 Å². The predicted octanol–water partition coefficient (Wildman–Crippen LogP) is 2.75. The second kappa shape index (κ2) is 5.02. The lowest BCUT2D eigenvalue weighted by Crippen LogP contribution is -2.22. The molecular formula is C16H17NO2. The molecule has 2 aromatic rings. The maximum atomic E-state index is 10.9. The Labute approximate surface area is 112 Å². The Morgan fingerprint density at radius 2 is 2.00 bits per heavy atom. The minimum Gasteiger partial charge on any atom is -0.481 e. The molecule has 0 aliphatic carbocycles. The quantitative estimate of drug-likeness (QED) is 0.916. The zero-order valence-corrected chi connectivity index (χ0v) is 10.7. The number of likely N-dealkylation sites (tertiary alicyclic amines) is 1. The number of rotatable bonds is 3. The Morgan fingerprint density at radius 1 is 1.21 bits per heavy atom. The maximum Gasteiger partial charge on any atom is 0.307 e. The third-order valence-electron chi connectivity index (χ3n) is 3.84. The first-order valence-electron chi connectivity index (χ1n) is 6.65. The van der Waals surface area contributed by atoms with E-state index in [9.17, 15) is 4.79 Å². The van der Waals surface area contributed by atoms with Crippen molar-refractivity contribution in [1.82, 2.24) is 4.90 Å². The highest BCUT2D eigenvalue weighted by atomic mass is 16.4. The summed E-state index contributed by atoms with van der Waals surface area (Å²) in [4.78, 5) is 13.2. The molecule has 1 atom stereocenters. The number of carbonyl (C=O) groups is 1. The van der Waals surface area contributed by atoms with Crippen LogP contribution in [0.1, 0.15) is 12.0 Å². The lowest BCUT2D eigenvalue weighted by Gasteiger charge is -2.15. The zero-order valence-electron chi connectivity index (χ0n) is 10.7. The number of hydrogen-bond acceptors (Lipinski definition) is 2. The lowest BCUT2D eigenvalue weighted by molar-refractivity contribution is -0.141. The van der Waals surface area contributed by atoms with Crippen LogP contribution in [0.15, 0.2) is 42.5 Å². The molecule has 98 valence electrons. The SMILES string of the molecule is O=C(O)[C@H]1CCN(Cc2ccc3ccccc3c2)C1. The van der Waals surface area contributed by atoms with Gasteiger partial charge in [0.05, 0.1) is 5.92 Å². The van der Waals surface area contributed by atoms with Gasteiger partial charge in [-0.1, -0.05) is 36.4 Å². The molecule has 0 bridgehead atoms. The fourth-order valence-corrected chi connectivity index (χ4v) is 2.77. The van der Waals surface area contributed by atoms with Gasteiger partial charge in [0.1, 0.15) is 0 Å². The van der Waals surface area contributed by atoms with Gasteiger partial charge in [-0.25, -0.2) is 0 Å². The first kappa shape index (κ1) is 12.2. The highest BCUT2D eigenvalue weighted by Crippen LogP contribution is 2.21. The highest BCUT2D eigenvalue weighted by Gasteiger charge is 2.27. The van der Waals surface area contributed by atoms with Crippen LogP contribution in [-0.2, 0) is 11.3 Å². The molecule has 1 aliphatic heterocycles. The predicted molar refractivity (Wildman–Crippen MR) is 75.0 cm³/mol. The number of aliphatic carboxylic acids is 1. The van der Waals surface area contributed by atoms with Crippen molar-refractivity contribution in [3.05, 3.63) is 48.0 Å². The molecule has 19 heavy (non-hydrogen) atoms. The van der Waals surface area contributed by atoms with Crippen LogP contribution in [0.4, 0.5) is 0 Å². The van der Waals surface area contributed by atoms with E-state index < -0.39 is 5.97 Å². The van der Waals surface area contributed by atoms with E-state index in [2.05, 4.69) is 35.2 Å². The molecule has 3 nitrogen and oxygen atoms in total. The van der Waals surface area contributed by atoms with E-state index in [-0.39, 0.29) is 5.92 Å². The van der Waals surface area contributed by atoms with Crippen molar-refractivity contribution in [2.75, 3.05) is 13.1 Å². The van der Waals surface area contributed by atoms with E-state index in [4.69, 9.17) is 5.11 Å². The van der Waals surface area contributed by atoms with Crippen molar-refractivity contribution in [2.24, 2.45) is 5.92 Å². The molecule has 1 N–H and O–H groups in total. The normalized spacial score (nSPS) is 19.9. The molecule has 0 radical (unpaired) electrons.